The summed E-state index contributed by atoms with van der Waals surface area (Å²) < 4.78 is 114. The molecule has 0 amide bonds. The molecule has 0 radical (unpaired) electrons. The second kappa shape index (κ2) is 11.4. The number of sulfonamides is 1. The highest BCUT2D eigenvalue weighted by molar-refractivity contribution is 7.96. The van der Waals surface area contributed by atoms with E-state index in [-0.39, 0.29) is 35.1 Å². The fourth-order valence-corrected chi connectivity index (χ4v) is 6.94. The summed E-state index contributed by atoms with van der Waals surface area (Å²) >= 11 is 5.27. The van der Waals surface area contributed by atoms with Crippen LogP contribution in [-0.4, -0.2) is 67.8 Å². The molecule has 2 aromatic carbocycles. The van der Waals surface area contributed by atoms with E-state index in [2.05, 4.69) is 0 Å². The number of benzene rings is 2. The molecule has 1 heterocycles. The van der Waals surface area contributed by atoms with Crippen molar-refractivity contribution in [3.8, 4) is 5.75 Å². The minimum Gasteiger partial charge on any atom is -0.497 e. The largest absolute Gasteiger partial charge is 0.497 e. The zero-order valence-corrected chi connectivity index (χ0v) is 23.2. The monoisotopic (exact) mass is 620 g/mol. The van der Waals surface area contributed by atoms with E-state index >= 15 is 0 Å². The van der Waals surface area contributed by atoms with E-state index in [1.165, 1.54) is 17.5 Å². The molecule has 0 unspecified atom stereocenters. The van der Waals surface area contributed by atoms with Gasteiger partial charge in [0.15, 0.2) is 0 Å². The van der Waals surface area contributed by atoms with Crippen LogP contribution >= 0.6 is 12.2 Å². The zero-order valence-electron chi connectivity index (χ0n) is 21.6. The van der Waals surface area contributed by atoms with Gasteiger partial charge >= 0.3 is 12.4 Å². The highest BCUT2D eigenvalue weighted by Gasteiger charge is 2.71. The predicted molar refractivity (Wildman–Crippen MR) is 145 cm³/mol. The molecule has 2 aliphatic rings. The van der Waals surface area contributed by atoms with Crippen LogP contribution in [0.5, 0.6) is 5.75 Å². The third kappa shape index (κ3) is 6.01. The number of hydrogen-bond donors (Lipinski definition) is 1. The Balaban J connectivity index is 1.67. The summed E-state index contributed by atoms with van der Waals surface area (Å²) in [7, 11) is -2.46. The predicted octanol–water partition coefficient (Wildman–Crippen LogP) is 5.28. The Labute approximate surface area is 238 Å². The third-order valence-corrected chi connectivity index (χ3v) is 9.56. The van der Waals surface area contributed by atoms with E-state index in [1.54, 1.807) is 41.3 Å². The normalized spacial score (nSPS) is 19.3. The summed E-state index contributed by atoms with van der Waals surface area (Å²) in [4.78, 5) is 2.03. The van der Waals surface area contributed by atoms with Gasteiger partial charge in [-0.05, 0) is 42.3 Å². The average molecular weight is 621 g/mol. The van der Waals surface area contributed by atoms with Gasteiger partial charge in [-0.1, -0.05) is 48.6 Å². The van der Waals surface area contributed by atoms with E-state index in [0.29, 0.717) is 30.7 Å². The average Bonchev–Trinajstić information content (AvgIpc) is 2.92. The lowest BCUT2D eigenvalue weighted by Gasteiger charge is -2.43. The highest BCUT2D eigenvalue weighted by Crippen LogP contribution is 2.50. The molecule has 1 fully saturated rings. The van der Waals surface area contributed by atoms with Crippen LogP contribution in [0.15, 0.2) is 71.7 Å². The van der Waals surface area contributed by atoms with Crippen molar-refractivity contribution < 1.29 is 44.6 Å². The second-order valence-electron chi connectivity index (χ2n) is 9.60. The topological polar surface area (TPSA) is 70.1 Å². The molecule has 14 heteroatoms. The van der Waals surface area contributed by atoms with E-state index in [4.69, 9.17) is 17.0 Å². The summed E-state index contributed by atoms with van der Waals surface area (Å²) in [5, 5.41) is 9.75. The van der Waals surface area contributed by atoms with Crippen LogP contribution in [0.25, 0.3) is 0 Å². The number of ether oxygens (including phenoxy) is 1. The maximum absolute atomic E-state index is 13.5. The fraction of sp³-hybridized carbons (Fsp3) is 0.370. The summed E-state index contributed by atoms with van der Waals surface area (Å²) in [6, 6.07) is 9.75. The van der Waals surface area contributed by atoms with Crippen molar-refractivity contribution in [3.63, 3.8) is 0 Å². The van der Waals surface area contributed by atoms with Crippen LogP contribution in [0.4, 0.5) is 32.0 Å². The number of nitrogens with zero attached hydrogens (tertiary/aromatic N) is 2. The van der Waals surface area contributed by atoms with Gasteiger partial charge in [-0.25, -0.2) is 8.42 Å². The van der Waals surface area contributed by atoms with Crippen molar-refractivity contribution in [2.45, 2.75) is 36.8 Å². The first kappa shape index (κ1) is 31.0. The quantitative estimate of drug-likeness (QED) is 0.336. The first-order chi connectivity index (χ1) is 19.1. The van der Waals surface area contributed by atoms with Crippen molar-refractivity contribution >= 4 is 32.8 Å². The van der Waals surface area contributed by atoms with E-state index in [9.17, 15) is 39.9 Å². The second-order valence-corrected chi connectivity index (χ2v) is 12.0. The van der Waals surface area contributed by atoms with Crippen LogP contribution in [0.1, 0.15) is 17.5 Å². The Kier molecular flexibility index (Phi) is 8.61. The number of aliphatic hydroxyl groups is 1. The van der Waals surface area contributed by atoms with Gasteiger partial charge in [0.25, 0.3) is 5.60 Å². The fourth-order valence-electron chi connectivity index (χ4n) is 4.87. The number of allylic oxidation sites excluding steroid dienone is 4. The van der Waals surface area contributed by atoms with Gasteiger partial charge in [0, 0.05) is 48.2 Å². The molecule has 0 aromatic heterocycles. The molecule has 1 aliphatic heterocycles. The zero-order chi connectivity index (χ0) is 30.2. The summed E-state index contributed by atoms with van der Waals surface area (Å²) in [6.45, 7) is 0.0782. The molecule has 1 saturated heterocycles. The number of halogens is 6. The van der Waals surface area contributed by atoms with E-state index < -0.39 is 39.6 Å². The first-order valence-corrected chi connectivity index (χ1v) is 14.2. The molecule has 4 rings (SSSR count). The van der Waals surface area contributed by atoms with Crippen molar-refractivity contribution in [2.24, 2.45) is 0 Å². The minimum absolute atomic E-state index is 0.00189. The molecule has 1 N–H and O–H groups in total. The molecule has 0 saturated carbocycles. The Morgan fingerprint density at radius 2 is 1.59 bits per heavy atom. The number of hydrogen-bond acceptors (Lipinski definition) is 6. The number of piperazine rings is 1. The maximum atomic E-state index is 13.5. The van der Waals surface area contributed by atoms with Gasteiger partial charge in [-0.2, -0.15) is 30.6 Å². The SMILES string of the molecule is COc1ccc(C[C@@H]2CN(S(=O)(=O)C3=CC=CCC3=S)CCN2c2ccc(C(O)(C(F)(F)F)C(F)(F)F)cc2)cc1. The lowest BCUT2D eigenvalue weighted by atomic mass is 9.92. The van der Waals surface area contributed by atoms with Crippen molar-refractivity contribution in [1.29, 1.82) is 0 Å². The van der Waals surface area contributed by atoms with Crippen LogP contribution in [-0.2, 0) is 22.0 Å². The van der Waals surface area contributed by atoms with Gasteiger partial charge in [0.1, 0.15) is 5.75 Å². The van der Waals surface area contributed by atoms with Crippen molar-refractivity contribution in [1.82, 2.24) is 4.31 Å². The number of alkyl halides is 6. The Hall–Kier alpha value is -2.94. The summed E-state index contributed by atoms with van der Waals surface area (Å²) in [5.74, 6) is 0.599. The van der Waals surface area contributed by atoms with Crippen molar-refractivity contribution in [3.05, 3.63) is 82.8 Å². The van der Waals surface area contributed by atoms with Gasteiger partial charge in [-0.15, -0.1) is 0 Å². The lowest BCUT2D eigenvalue weighted by Crippen LogP contribution is -2.56. The molecule has 0 bridgehead atoms. The van der Waals surface area contributed by atoms with Crippen LogP contribution in [0.2, 0.25) is 0 Å². The van der Waals surface area contributed by atoms with E-state index in [1.807, 2.05) is 0 Å². The van der Waals surface area contributed by atoms with Gasteiger partial charge < -0.3 is 14.7 Å². The smallest absolute Gasteiger partial charge is 0.430 e. The Bertz CT molecular complexity index is 1420. The molecule has 2 aromatic rings. The maximum Gasteiger partial charge on any atom is 0.430 e. The summed E-state index contributed by atoms with van der Waals surface area (Å²) in [5.41, 5.74) is -5.35. The van der Waals surface area contributed by atoms with Gasteiger partial charge in [-0.3, -0.25) is 0 Å². The van der Waals surface area contributed by atoms with Gasteiger partial charge in [0.05, 0.1) is 12.0 Å². The van der Waals surface area contributed by atoms with Crippen molar-refractivity contribution in [2.75, 3.05) is 31.6 Å². The molecule has 1 aliphatic carbocycles. The van der Waals surface area contributed by atoms with Gasteiger partial charge in [0.2, 0.25) is 10.0 Å². The lowest BCUT2D eigenvalue weighted by molar-refractivity contribution is -0.376. The first-order valence-electron chi connectivity index (χ1n) is 12.4. The molecule has 6 nitrogen and oxygen atoms in total. The molecular formula is C27H26F6N2O4S2. The number of thiocarbonyl (C=S) groups is 1. The molecule has 1 atom stereocenters. The number of anilines is 1. The highest BCUT2D eigenvalue weighted by atomic mass is 32.2. The van der Waals surface area contributed by atoms with Crippen LogP contribution in [0, 0.1) is 0 Å². The van der Waals surface area contributed by atoms with Crippen LogP contribution in [0.3, 0.4) is 0 Å². The number of rotatable bonds is 7. The van der Waals surface area contributed by atoms with Crippen LogP contribution < -0.4 is 9.64 Å². The number of methoxy groups -OCH3 is 1. The van der Waals surface area contributed by atoms with E-state index in [0.717, 1.165) is 17.7 Å². The Morgan fingerprint density at radius 1 is 0.976 bits per heavy atom. The summed E-state index contributed by atoms with van der Waals surface area (Å²) in [6.07, 6.45) is -6.61. The molecule has 222 valence electrons. The molecule has 0 spiro atoms. The molecule has 41 heavy (non-hydrogen) atoms. The standard InChI is InChI=1S/C27H26F6N2O4S2/c1-39-22-12-6-18(7-13-22)16-21-17-34(41(37,38)24-5-3-2-4-23(24)40)14-15-35(21)20-10-8-19(9-11-20)25(36,26(28,29)30)27(31,32)33/h2-3,5-13,21,36H,4,14-17H2,1H3/t21-/m1/s1. The third-order valence-electron chi connectivity index (χ3n) is 7.09. The molecular weight excluding hydrogens is 594 g/mol. The Morgan fingerprint density at radius 3 is 2.12 bits per heavy atom. The minimum atomic E-state index is -6.01.